The second kappa shape index (κ2) is 16.5. The molecule has 0 aliphatic heterocycles. The zero-order valence-electron chi connectivity index (χ0n) is 39.0. The summed E-state index contributed by atoms with van der Waals surface area (Å²) in [5, 5.41) is 7.46. The Hall–Kier alpha value is -9.24. The van der Waals surface area contributed by atoms with Gasteiger partial charge in [0.15, 0.2) is 0 Å². The van der Waals surface area contributed by atoms with Gasteiger partial charge in [-0.1, -0.05) is 212 Å². The summed E-state index contributed by atoms with van der Waals surface area (Å²) in [6.45, 7) is 0. The summed E-state index contributed by atoms with van der Waals surface area (Å²) in [5.74, 6) is 0. The summed E-state index contributed by atoms with van der Waals surface area (Å²) in [6.07, 6.45) is 0. The highest BCUT2D eigenvalue weighted by Gasteiger charge is 2.46. The SMILES string of the molecule is c1ccc(C2(c3ccc4c(c3)c3ccccc3n4-c3ccc(N(c4ccc(-c5cccc6ccccc56)cc4)c4ccc(-c5cccc6ccccc56)cc4)cc3)c3ccccc3-c3ccccc32)cc1. The Kier molecular flexibility index (Phi) is 9.47. The molecule has 1 heterocycles. The summed E-state index contributed by atoms with van der Waals surface area (Å²) < 4.78 is 2.44. The van der Waals surface area contributed by atoms with Gasteiger partial charge in [-0.25, -0.2) is 0 Å². The van der Waals surface area contributed by atoms with E-state index in [-0.39, 0.29) is 0 Å². The van der Waals surface area contributed by atoms with Crippen molar-refractivity contribution in [2.45, 2.75) is 5.41 Å². The smallest absolute Gasteiger partial charge is 0.0713 e. The zero-order valence-corrected chi connectivity index (χ0v) is 39.0. The number of hydrogen-bond donors (Lipinski definition) is 0. The Morgan fingerprint density at radius 1 is 0.282 bits per heavy atom. The van der Waals surface area contributed by atoms with E-state index < -0.39 is 5.41 Å². The summed E-state index contributed by atoms with van der Waals surface area (Å²) in [5.41, 5.74) is 18.9. The Morgan fingerprint density at radius 2 is 0.718 bits per heavy atom. The quantitative estimate of drug-likeness (QED) is 0.147. The minimum Gasteiger partial charge on any atom is -0.311 e. The molecule has 0 N–H and O–H groups in total. The minimum atomic E-state index is -0.475. The Balaban J connectivity index is 0.894. The third kappa shape index (κ3) is 6.42. The maximum absolute atomic E-state index is 2.47. The van der Waals surface area contributed by atoms with Crippen LogP contribution >= 0.6 is 0 Å². The highest BCUT2D eigenvalue weighted by molar-refractivity contribution is 6.10. The van der Waals surface area contributed by atoms with Gasteiger partial charge in [-0.3, -0.25) is 0 Å². The van der Waals surface area contributed by atoms with Gasteiger partial charge in [-0.05, 0) is 144 Å². The second-order valence-electron chi connectivity index (χ2n) is 18.8. The van der Waals surface area contributed by atoms with Gasteiger partial charge in [0.2, 0.25) is 0 Å². The fourth-order valence-corrected chi connectivity index (χ4v) is 11.9. The van der Waals surface area contributed by atoms with Gasteiger partial charge in [-0.15, -0.1) is 0 Å². The van der Waals surface area contributed by atoms with Gasteiger partial charge in [0.25, 0.3) is 0 Å². The van der Waals surface area contributed by atoms with Crippen LogP contribution in [0, 0.1) is 0 Å². The van der Waals surface area contributed by atoms with Gasteiger partial charge in [0.1, 0.15) is 0 Å². The molecule has 0 radical (unpaired) electrons. The van der Waals surface area contributed by atoms with Gasteiger partial charge in [0, 0.05) is 33.5 Å². The zero-order chi connectivity index (χ0) is 46.9. The first kappa shape index (κ1) is 40.8. The molecule has 0 fully saturated rings. The van der Waals surface area contributed by atoms with Gasteiger partial charge in [0.05, 0.1) is 16.4 Å². The highest BCUT2D eigenvalue weighted by Crippen LogP contribution is 2.56. The lowest BCUT2D eigenvalue weighted by Gasteiger charge is -2.34. The summed E-state index contributed by atoms with van der Waals surface area (Å²) in [7, 11) is 0. The summed E-state index contributed by atoms with van der Waals surface area (Å²) >= 11 is 0. The standard InChI is InChI=1S/C69H46N2/c1-2-20-51(21-3-1)69(65-29-11-8-24-61(65)62-25-9-12-30-66(62)69)52-36-45-68-64(46-52)63-26-10-13-31-67(63)71(68)56-43-41-55(42-44-56)70(53-37-32-49(33-38-53)59-27-14-18-47-16-4-6-22-57(47)59)54-39-34-50(35-40-54)60-28-15-19-48-17-5-7-23-58(48)60/h1-46H. The Morgan fingerprint density at radius 3 is 1.30 bits per heavy atom. The molecule has 0 bridgehead atoms. The molecule has 1 aliphatic rings. The highest BCUT2D eigenvalue weighted by atomic mass is 15.1. The second-order valence-corrected chi connectivity index (χ2v) is 18.8. The molecule has 0 amide bonds. The van der Waals surface area contributed by atoms with Crippen molar-refractivity contribution in [3.8, 4) is 39.1 Å². The molecule has 2 nitrogen and oxygen atoms in total. The van der Waals surface area contributed by atoms with Crippen LogP contribution in [0.2, 0.25) is 0 Å². The largest absolute Gasteiger partial charge is 0.311 e. The van der Waals surface area contributed by atoms with E-state index in [0.717, 1.165) is 22.7 Å². The number of anilines is 3. The predicted molar refractivity (Wildman–Crippen MR) is 299 cm³/mol. The maximum Gasteiger partial charge on any atom is 0.0713 e. The number of rotatable bonds is 8. The van der Waals surface area contributed by atoms with Crippen molar-refractivity contribution in [1.29, 1.82) is 0 Å². The van der Waals surface area contributed by atoms with Crippen molar-refractivity contribution >= 4 is 60.4 Å². The molecule has 0 saturated heterocycles. The summed E-state index contributed by atoms with van der Waals surface area (Å²) in [6, 6.07) is 103. The predicted octanol–water partition coefficient (Wildman–Crippen LogP) is 18.3. The molecule has 0 unspecified atom stereocenters. The van der Waals surface area contributed by atoms with Crippen LogP contribution in [0.15, 0.2) is 279 Å². The lowest BCUT2D eigenvalue weighted by Crippen LogP contribution is -2.28. The van der Waals surface area contributed by atoms with Crippen LogP contribution in [0.25, 0.3) is 82.4 Å². The van der Waals surface area contributed by atoms with Gasteiger partial charge >= 0.3 is 0 Å². The molecule has 12 aromatic carbocycles. The fourth-order valence-electron chi connectivity index (χ4n) is 11.9. The average molecular weight is 903 g/mol. The third-order valence-corrected chi connectivity index (χ3v) is 15.1. The molecule has 1 aliphatic carbocycles. The van der Waals surface area contributed by atoms with E-state index in [1.807, 2.05) is 0 Å². The fraction of sp³-hybridized carbons (Fsp3) is 0.0145. The first-order valence-corrected chi connectivity index (χ1v) is 24.6. The number of aromatic nitrogens is 1. The normalized spacial score (nSPS) is 12.6. The molecule has 332 valence electrons. The first-order chi connectivity index (χ1) is 35.2. The minimum absolute atomic E-state index is 0.475. The van der Waals surface area contributed by atoms with E-state index in [1.165, 1.54) is 99.0 Å². The van der Waals surface area contributed by atoms with Crippen LogP contribution in [0.1, 0.15) is 22.3 Å². The number of fused-ring (bicyclic) bond motifs is 8. The first-order valence-electron chi connectivity index (χ1n) is 24.6. The van der Waals surface area contributed by atoms with E-state index in [4.69, 9.17) is 0 Å². The molecule has 0 atom stereocenters. The molecule has 1 aromatic heterocycles. The topological polar surface area (TPSA) is 8.17 Å². The summed E-state index contributed by atoms with van der Waals surface area (Å²) in [4.78, 5) is 2.38. The molecular weight excluding hydrogens is 857 g/mol. The van der Waals surface area contributed by atoms with Crippen molar-refractivity contribution < 1.29 is 0 Å². The van der Waals surface area contributed by atoms with Crippen LogP contribution in [0.4, 0.5) is 17.1 Å². The Labute approximate surface area is 413 Å². The number of para-hydroxylation sites is 1. The monoisotopic (exact) mass is 902 g/mol. The van der Waals surface area contributed by atoms with Gasteiger partial charge < -0.3 is 9.47 Å². The maximum atomic E-state index is 2.47. The van der Waals surface area contributed by atoms with Crippen LogP contribution in [-0.2, 0) is 5.41 Å². The van der Waals surface area contributed by atoms with Crippen LogP contribution in [0.3, 0.4) is 0 Å². The lowest BCUT2D eigenvalue weighted by molar-refractivity contribution is 0.770. The molecule has 71 heavy (non-hydrogen) atoms. The van der Waals surface area contributed by atoms with Crippen molar-refractivity contribution in [3.05, 3.63) is 301 Å². The molecule has 0 saturated carbocycles. The average Bonchev–Trinajstić information content (AvgIpc) is 3.94. The van der Waals surface area contributed by atoms with E-state index >= 15 is 0 Å². The van der Waals surface area contributed by atoms with E-state index in [2.05, 4.69) is 289 Å². The lowest BCUT2D eigenvalue weighted by atomic mass is 9.67. The number of hydrogen-bond acceptors (Lipinski definition) is 1. The van der Waals surface area contributed by atoms with Crippen molar-refractivity contribution in [2.24, 2.45) is 0 Å². The number of benzene rings is 12. The van der Waals surface area contributed by atoms with Gasteiger partial charge in [-0.2, -0.15) is 0 Å². The Bertz CT molecular complexity index is 3970. The molecule has 2 heteroatoms. The molecule has 14 rings (SSSR count). The molecule has 13 aromatic rings. The number of nitrogens with zero attached hydrogens (tertiary/aromatic N) is 2. The van der Waals surface area contributed by atoms with Crippen LogP contribution in [-0.4, -0.2) is 4.57 Å². The van der Waals surface area contributed by atoms with E-state index in [0.29, 0.717) is 0 Å². The van der Waals surface area contributed by atoms with Crippen LogP contribution < -0.4 is 4.90 Å². The van der Waals surface area contributed by atoms with Crippen molar-refractivity contribution in [1.82, 2.24) is 4.57 Å². The van der Waals surface area contributed by atoms with E-state index in [9.17, 15) is 0 Å². The van der Waals surface area contributed by atoms with Crippen molar-refractivity contribution in [3.63, 3.8) is 0 Å². The van der Waals surface area contributed by atoms with E-state index in [1.54, 1.807) is 0 Å². The van der Waals surface area contributed by atoms with Crippen LogP contribution in [0.5, 0.6) is 0 Å². The molecular formula is C69H46N2. The third-order valence-electron chi connectivity index (χ3n) is 15.1. The molecule has 0 spiro atoms. The van der Waals surface area contributed by atoms with Crippen molar-refractivity contribution in [2.75, 3.05) is 4.90 Å².